The number of esters is 1. The van der Waals surface area contributed by atoms with Crippen LogP contribution >= 0.6 is 0 Å². The summed E-state index contributed by atoms with van der Waals surface area (Å²) < 4.78 is 9.51. The lowest BCUT2D eigenvalue weighted by molar-refractivity contribution is -0.141. The molecular formula is C12H13NO4. The highest BCUT2D eigenvalue weighted by Crippen LogP contribution is 2.26. The number of nitrogens with zero attached hydrogens (tertiary/aromatic N) is 1. The molecule has 5 nitrogen and oxygen atoms in total. The number of rotatable bonds is 3. The number of carbonyl (C=O) groups excluding carboxylic acids is 2. The second kappa shape index (κ2) is 4.86. The van der Waals surface area contributed by atoms with Gasteiger partial charge in [-0.25, -0.2) is 4.79 Å². The van der Waals surface area contributed by atoms with E-state index in [9.17, 15) is 9.59 Å². The zero-order chi connectivity index (χ0) is 12.3. The molecule has 1 aromatic carbocycles. The number of methoxy groups -OCH3 is 1. The summed E-state index contributed by atoms with van der Waals surface area (Å²) >= 11 is 0. The molecule has 1 heterocycles. The van der Waals surface area contributed by atoms with E-state index in [0.29, 0.717) is 0 Å². The molecular weight excluding hydrogens is 222 g/mol. The number of hydrogen-bond acceptors (Lipinski definition) is 4. The van der Waals surface area contributed by atoms with E-state index < -0.39 is 12.1 Å². The van der Waals surface area contributed by atoms with Gasteiger partial charge in [0.25, 0.3) is 0 Å². The summed E-state index contributed by atoms with van der Waals surface area (Å²) in [4.78, 5) is 24.1. The average Bonchev–Trinajstić information content (AvgIpc) is 2.72. The van der Waals surface area contributed by atoms with Gasteiger partial charge in [-0.05, 0) is 5.56 Å². The Morgan fingerprint density at radius 2 is 2.18 bits per heavy atom. The van der Waals surface area contributed by atoms with E-state index in [-0.39, 0.29) is 19.2 Å². The van der Waals surface area contributed by atoms with Crippen molar-refractivity contribution in [3.63, 3.8) is 0 Å². The summed E-state index contributed by atoms with van der Waals surface area (Å²) in [6.07, 6.45) is -0.482. The van der Waals surface area contributed by atoms with Gasteiger partial charge in [-0.2, -0.15) is 0 Å². The molecule has 0 bridgehead atoms. The first-order valence-electron chi connectivity index (χ1n) is 5.27. The minimum absolute atomic E-state index is 0.0884. The number of benzene rings is 1. The van der Waals surface area contributed by atoms with Crippen molar-refractivity contribution in [2.24, 2.45) is 0 Å². The van der Waals surface area contributed by atoms with E-state index in [0.717, 1.165) is 5.56 Å². The van der Waals surface area contributed by atoms with Gasteiger partial charge in [0.05, 0.1) is 13.2 Å². The fraction of sp³-hybridized carbons (Fsp3) is 0.333. The highest BCUT2D eigenvalue weighted by Gasteiger charge is 2.35. The van der Waals surface area contributed by atoms with Gasteiger partial charge in [-0.15, -0.1) is 0 Å². The zero-order valence-electron chi connectivity index (χ0n) is 9.46. The molecule has 1 atom stereocenters. The van der Waals surface area contributed by atoms with Crippen LogP contribution in [0.1, 0.15) is 11.6 Å². The number of carbonyl (C=O) groups is 2. The monoisotopic (exact) mass is 235 g/mol. The van der Waals surface area contributed by atoms with Gasteiger partial charge in [0.15, 0.2) is 0 Å². The van der Waals surface area contributed by atoms with E-state index in [1.54, 1.807) is 0 Å². The molecule has 0 aliphatic carbocycles. The molecule has 1 amide bonds. The van der Waals surface area contributed by atoms with Crippen LogP contribution in [0.2, 0.25) is 0 Å². The van der Waals surface area contributed by atoms with Gasteiger partial charge < -0.3 is 9.47 Å². The van der Waals surface area contributed by atoms with Crippen molar-refractivity contribution in [3.05, 3.63) is 35.9 Å². The van der Waals surface area contributed by atoms with Crippen molar-refractivity contribution < 1.29 is 19.1 Å². The van der Waals surface area contributed by atoms with Crippen LogP contribution < -0.4 is 0 Å². The van der Waals surface area contributed by atoms with Crippen LogP contribution in [0.25, 0.3) is 0 Å². The maximum atomic E-state index is 11.5. The predicted molar refractivity (Wildman–Crippen MR) is 59.3 cm³/mol. The third-order valence-corrected chi connectivity index (χ3v) is 2.69. The largest absolute Gasteiger partial charge is 0.468 e. The van der Waals surface area contributed by atoms with Crippen LogP contribution in [0.3, 0.4) is 0 Å². The van der Waals surface area contributed by atoms with E-state index >= 15 is 0 Å². The smallest absolute Gasteiger partial charge is 0.411 e. The van der Waals surface area contributed by atoms with E-state index in [2.05, 4.69) is 4.74 Å². The molecule has 5 heteroatoms. The molecule has 0 aromatic heterocycles. The first-order chi connectivity index (χ1) is 8.22. The summed E-state index contributed by atoms with van der Waals surface area (Å²) in [5, 5.41) is 0. The quantitative estimate of drug-likeness (QED) is 0.742. The minimum atomic E-state index is -0.482. The Bertz CT molecular complexity index is 418. The van der Waals surface area contributed by atoms with Gasteiger partial charge in [0.1, 0.15) is 13.2 Å². The van der Waals surface area contributed by atoms with Crippen molar-refractivity contribution in [3.8, 4) is 0 Å². The summed E-state index contributed by atoms with van der Waals surface area (Å²) in [6.45, 7) is 0.175. The third kappa shape index (κ3) is 2.38. The SMILES string of the molecule is COC(=O)CN1C(=O)OC[C@@H]1c1ccccc1. The Balaban J connectivity index is 2.16. The lowest BCUT2D eigenvalue weighted by Gasteiger charge is -2.20. The minimum Gasteiger partial charge on any atom is -0.468 e. The average molecular weight is 235 g/mol. The molecule has 0 spiro atoms. The summed E-state index contributed by atoms with van der Waals surface area (Å²) in [5.41, 5.74) is 0.947. The van der Waals surface area contributed by atoms with Gasteiger partial charge in [-0.1, -0.05) is 30.3 Å². The maximum Gasteiger partial charge on any atom is 0.411 e. The molecule has 2 rings (SSSR count). The molecule has 1 aliphatic heterocycles. The summed E-state index contributed by atoms with van der Waals surface area (Å²) in [7, 11) is 1.29. The number of cyclic esters (lactones) is 1. The summed E-state index contributed by atoms with van der Waals surface area (Å²) in [5.74, 6) is -0.454. The second-order valence-electron chi connectivity index (χ2n) is 3.71. The van der Waals surface area contributed by atoms with Gasteiger partial charge in [0, 0.05) is 0 Å². The predicted octanol–water partition coefficient (Wildman–Crippen LogP) is 1.35. The molecule has 0 radical (unpaired) electrons. The molecule has 1 saturated heterocycles. The maximum absolute atomic E-state index is 11.5. The highest BCUT2D eigenvalue weighted by molar-refractivity contribution is 5.79. The van der Waals surface area contributed by atoms with Crippen LogP contribution in [0.5, 0.6) is 0 Å². The van der Waals surface area contributed by atoms with Crippen LogP contribution in [0.4, 0.5) is 4.79 Å². The Hall–Kier alpha value is -2.04. The molecule has 1 aromatic rings. The summed E-state index contributed by atoms with van der Waals surface area (Å²) in [6, 6.07) is 9.24. The molecule has 90 valence electrons. The number of ether oxygens (including phenoxy) is 2. The molecule has 17 heavy (non-hydrogen) atoms. The van der Waals surface area contributed by atoms with Gasteiger partial charge in [0.2, 0.25) is 0 Å². The van der Waals surface area contributed by atoms with Crippen molar-refractivity contribution in [1.29, 1.82) is 0 Å². The fourth-order valence-electron chi connectivity index (χ4n) is 1.78. The van der Waals surface area contributed by atoms with E-state index in [1.165, 1.54) is 12.0 Å². The molecule has 1 aliphatic rings. The standard InChI is InChI=1S/C12H13NO4/c1-16-11(14)7-13-10(8-17-12(13)15)9-5-3-2-4-6-9/h2-6,10H,7-8H2,1H3/t10-/m1/s1. The Morgan fingerprint density at radius 1 is 1.47 bits per heavy atom. The molecule has 0 unspecified atom stereocenters. The van der Waals surface area contributed by atoms with Gasteiger partial charge in [-0.3, -0.25) is 9.69 Å². The second-order valence-corrected chi connectivity index (χ2v) is 3.71. The van der Waals surface area contributed by atoms with Crippen LogP contribution in [-0.4, -0.2) is 37.2 Å². The normalized spacial score (nSPS) is 19.0. The van der Waals surface area contributed by atoms with E-state index in [4.69, 9.17) is 4.74 Å². The molecule has 0 saturated carbocycles. The van der Waals surface area contributed by atoms with Gasteiger partial charge >= 0.3 is 12.1 Å². The Labute approximate surface area is 98.9 Å². The Kier molecular flexibility index (Phi) is 3.27. The van der Waals surface area contributed by atoms with Crippen molar-refractivity contribution in [2.45, 2.75) is 6.04 Å². The highest BCUT2D eigenvalue weighted by atomic mass is 16.6. The molecule has 1 fully saturated rings. The van der Waals surface area contributed by atoms with Crippen LogP contribution in [-0.2, 0) is 14.3 Å². The number of amides is 1. The van der Waals surface area contributed by atoms with Crippen molar-refractivity contribution in [1.82, 2.24) is 4.90 Å². The molecule has 0 N–H and O–H groups in total. The van der Waals surface area contributed by atoms with E-state index in [1.807, 2.05) is 30.3 Å². The lowest BCUT2D eigenvalue weighted by Crippen LogP contribution is -2.33. The van der Waals surface area contributed by atoms with Crippen molar-refractivity contribution in [2.75, 3.05) is 20.3 Å². The zero-order valence-corrected chi connectivity index (χ0v) is 9.46. The van der Waals surface area contributed by atoms with Crippen LogP contribution in [0, 0.1) is 0 Å². The Morgan fingerprint density at radius 3 is 2.82 bits per heavy atom. The fourth-order valence-corrected chi connectivity index (χ4v) is 1.78. The lowest BCUT2D eigenvalue weighted by atomic mass is 10.1. The third-order valence-electron chi connectivity index (χ3n) is 2.69. The number of hydrogen-bond donors (Lipinski definition) is 0. The first kappa shape index (κ1) is 11.4. The van der Waals surface area contributed by atoms with Crippen molar-refractivity contribution >= 4 is 12.1 Å². The van der Waals surface area contributed by atoms with Crippen LogP contribution in [0.15, 0.2) is 30.3 Å². The first-order valence-corrected chi connectivity index (χ1v) is 5.27. The topological polar surface area (TPSA) is 55.8 Å².